The first-order valence-corrected chi connectivity index (χ1v) is 11.1. The highest BCUT2D eigenvalue weighted by Crippen LogP contribution is 2.35. The highest BCUT2D eigenvalue weighted by atomic mass is 32.2. The van der Waals surface area contributed by atoms with Crippen molar-refractivity contribution < 1.29 is 8.42 Å². The molecule has 9 nitrogen and oxygen atoms in total. The fourth-order valence-electron chi connectivity index (χ4n) is 4.42. The normalized spacial score (nSPS) is 21.8. The molecular weight excluding hydrogens is 392 g/mol. The monoisotopic (exact) mass is 414 g/mol. The summed E-state index contributed by atoms with van der Waals surface area (Å²) in [5, 5.41) is 4.60. The van der Waals surface area contributed by atoms with E-state index in [0.717, 1.165) is 18.4 Å². The minimum Gasteiger partial charge on any atom is -0.339 e. The number of hydrogen-bond acceptors (Lipinski definition) is 5. The SMILES string of the molecule is Cn1cnc(S(=O)(=O)N2C3CCC2Cn2c(nn(Cc4ccccc4)c2=O)C3)c1. The Balaban J connectivity index is 1.47. The molecular formula is C19H22N6O3S. The molecule has 1 fully saturated rings. The van der Waals surface area contributed by atoms with E-state index in [0.29, 0.717) is 25.3 Å². The van der Waals surface area contributed by atoms with Crippen molar-refractivity contribution >= 4 is 10.0 Å². The first kappa shape index (κ1) is 18.3. The van der Waals surface area contributed by atoms with E-state index in [1.807, 2.05) is 30.3 Å². The van der Waals surface area contributed by atoms with Gasteiger partial charge in [-0.3, -0.25) is 4.57 Å². The second-order valence-corrected chi connectivity index (χ2v) is 9.54. The number of fused-ring (bicyclic) bond motifs is 3. The largest absolute Gasteiger partial charge is 0.346 e. The lowest BCUT2D eigenvalue weighted by atomic mass is 10.1. The van der Waals surface area contributed by atoms with Crippen LogP contribution in [-0.4, -0.2) is 48.7 Å². The molecule has 0 amide bonds. The Kier molecular flexibility index (Phi) is 4.21. The number of rotatable bonds is 4. The quantitative estimate of drug-likeness (QED) is 0.623. The van der Waals surface area contributed by atoms with Crippen molar-refractivity contribution in [1.82, 2.24) is 28.2 Å². The van der Waals surface area contributed by atoms with Crippen LogP contribution in [0.4, 0.5) is 0 Å². The van der Waals surface area contributed by atoms with E-state index in [4.69, 9.17) is 0 Å². The van der Waals surface area contributed by atoms with E-state index in [1.54, 1.807) is 20.5 Å². The minimum absolute atomic E-state index is 0.0536. The molecule has 4 heterocycles. The summed E-state index contributed by atoms with van der Waals surface area (Å²) in [6.45, 7) is 0.733. The first-order chi connectivity index (χ1) is 13.9. The summed E-state index contributed by atoms with van der Waals surface area (Å²) >= 11 is 0. The summed E-state index contributed by atoms with van der Waals surface area (Å²) in [4.78, 5) is 17.0. The molecule has 2 bridgehead atoms. The van der Waals surface area contributed by atoms with Gasteiger partial charge in [-0.25, -0.2) is 22.9 Å². The first-order valence-electron chi connectivity index (χ1n) is 9.65. The van der Waals surface area contributed by atoms with E-state index in [9.17, 15) is 13.2 Å². The van der Waals surface area contributed by atoms with Crippen LogP contribution in [0, 0.1) is 0 Å². The van der Waals surface area contributed by atoms with Crippen molar-refractivity contribution in [3.05, 3.63) is 64.7 Å². The maximum atomic E-state index is 13.2. The summed E-state index contributed by atoms with van der Waals surface area (Å²) in [7, 11) is -1.97. The van der Waals surface area contributed by atoms with E-state index < -0.39 is 10.0 Å². The maximum absolute atomic E-state index is 13.2. The van der Waals surface area contributed by atoms with E-state index in [1.165, 1.54) is 17.2 Å². The van der Waals surface area contributed by atoms with Crippen LogP contribution in [0.15, 0.2) is 52.7 Å². The zero-order chi connectivity index (χ0) is 20.2. The predicted molar refractivity (Wildman–Crippen MR) is 105 cm³/mol. The van der Waals surface area contributed by atoms with E-state index in [2.05, 4.69) is 10.1 Å². The molecule has 152 valence electrons. The molecule has 0 N–H and O–H groups in total. The number of benzene rings is 1. The standard InChI is InChI=1S/C19H22N6O3S/c1-22-12-18(20-13-22)29(27,28)25-15-7-8-16(25)11-23-17(9-15)21-24(19(23)26)10-14-5-3-2-4-6-14/h2-6,12-13,15-16H,7-11H2,1H3. The molecule has 2 aliphatic heterocycles. The summed E-state index contributed by atoms with van der Waals surface area (Å²) in [6, 6.07) is 9.25. The van der Waals surface area contributed by atoms with Crippen LogP contribution in [0.2, 0.25) is 0 Å². The van der Waals surface area contributed by atoms with Crippen molar-refractivity contribution in [2.75, 3.05) is 0 Å². The van der Waals surface area contributed by atoms with Crippen LogP contribution in [0.25, 0.3) is 0 Å². The van der Waals surface area contributed by atoms with Crippen LogP contribution >= 0.6 is 0 Å². The van der Waals surface area contributed by atoms with Crippen LogP contribution in [0.5, 0.6) is 0 Å². The Morgan fingerprint density at radius 3 is 2.62 bits per heavy atom. The van der Waals surface area contributed by atoms with Crippen LogP contribution in [0.3, 0.4) is 0 Å². The van der Waals surface area contributed by atoms with Gasteiger partial charge < -0.3 is 4.57 Å². The molecule has 10 heteroatoms. The van der Waals surface area contributed by atoms with Crippen molar-refractivity contribution in [3.8, 4) is 0 Å². The molecule has 0 radical (unpaired) electrons. The summed E-state index contributed by atoms with van der Waals surface area (Å²) in [5.74, 6) is 0.652. The van der Waals surface area contributed by atoms with Gasteiger partial charge in [0.25, 0.3) is 10.0 Å². The molecule has 1 aromatic carbocycles. The van der Waals surface area contributed by atoms with E-state index in [-0.39, 0.29) is 22.8 Å². The molecule has 5 rings (SSSR count). The van der Waals surface area contributed by atoms with Crippen LogP contribution in [0.1, 0.15) is 24.2 Å². The fraction of sp³-hybridized carbons (Fsp3) is 0.421. The third kappa shape index (κ3) is 3.03. The van der Waals surface area contributed by atoms with Crippen molar-refractivity contribution in [1.29, 1.82) is 0 Å². The number of nitrogens with zero attached hydrogens (tertiary/aromatic N) is 6. The zero-order valence-electron chi connectivity index (χ0n) is 16.0. The van der Waals surface area contributed by atoms with Gasteiger partial charge in [-0.2, -0.15) is 9.40 Å². The van der Waals surface area contributed by atoms with Crippen molar-refractivity contribution in [2.24, 2.45) is 7.05 Å². The molecule has 2 aliphatic rings. The van der Waals surface area contributed by atoms with Gasteiger partial charge in [0.2, 0.25) is 0 Å². The van der Waals surface area contributed by atoms with Gasteiger partial charge in [0, 0.05) is 38.3 Å². The Morgan fingerprint density at radius 2 is 1.90 bits per heavy atom. The molecule has 2 atom stereocenters. The average Bonchev–Trinajstić information content (AvgIpc) is 3.34. The highest BCUT2D eigenvalue weighted by Gasteiger charge is 2.46. The molecule has 0 saturated carbocycles. The van der Waals surface area contributed by atoms with Gasteiger partial charge in [-0.15, -0.1) is 0 Å². The summed E-state index contributed by atoms with van der Waals surface area (Å²) < 4.78 is 32.7. The number of sulfonamides is 1. The molecule has 2 unspecified atom stereocenters. The number of hydrogen-bond donors (Lipinski definition) is 0. The third-order valence-electron chi connectivity index (χ3n) is 5.76. The van der Waals surface area contributed by atoms with Gasteiger partial charge in [-0.05, 0) is 18.4 Å². The fourth-order valence-corrected chi connectivity index (χ4v) is 6.26. The second kappa shape index (κ2) is 6.67. The zero-order valence-corrected chi connectivity index (χ0v) is 16.9. The van der Waals surface area contributed by atoms with Gasteiger partial charge in [-0.1, -0.05) is 30.3 Å². The summed E-state index contributed by atoms with van der Waals surface area (Å²) in [6.07, 6.45) is 4.92. The molecule has 0 spiro atoms. The lowest BCUT2D eigenvalue weighted by molar-refractivity contribution is 0.311. The average molecular weight is 414 g/mol. The Morgan fingerprint density at radius 1 is 1.14 bits per heavy atom. The smallest absolute Gasteiger partial charge is 0.339 e. The number of aromatic nitrogens is 5. The molecule has 0 aliphatic carbocycles. The molecule has 1 saturated heterocycles. The van der Waals surface area contributed by atoms with Crippen LogP contribution < -0.4 is 5.69 Å². The lowest BCUT2D eigenvalue weighted by Crippen LogP contribution is -2.43. The maximum Gasteiger partial charge on any atom is 0.346 e. The summed E-state index contributed by atoms with van der Waals surface area (Å²) in [5.41, 5.74) is 0.816. The molecule has 3 aromatic rings. The minimum atomic E-state index is -3.72. The topological polar surface area (TPSA) is 95.0 Å². The van der Waals surface area contributed by atoms with Gasteiger partial charge >= 0.3 is 5.69 Å². The van der Waals surface area contributed by atoms with Gasteiger partial charge in [0.05, 0.1) is 12.9 Å². The lowest BCUT2D eigenvalue weighted by Gasteiger charge is -2.25. The molecule has 2 aromatic heterocycles. The number of imidazole rings is 1. The number of aryl methyl sites for hydroxylation is 1. The van der Waals surface area contributed by atoms with Crippen LogP contribution in [-0.2, 0) is 36.6 Å². The Bertz CT molecular complexity index is 1210. The second-order valence-electron chi connectivity index (χ2n) is 7.75. The highest BCUT2D eigenvalue weighted by molar-refractivity contribution is 7.89. The van der Waals surface area contributed by atoms with Crippen molar-refractivity contribution in [3.63, 3.8) is 0 Å². The van der Waals surface area contributed by atoms with Crippen molar-refractivity contribution in [2.45, 2.75) is 49.5 Å². The van der Waals surface area contributed by atoms with Gasteiger partial charge in [0.15, 0.2) is 5.03 Å². The predicted octanol–water partition coefficient (Wildman–Crippen LogP) is 0.605. The third-order valence-corrected chi connectivity index (χ3v) is 7.65. The molecule has 29 heavy (non-hydrogen) atoms. The van der Waals surface area contributed by atoms with E-state index >= 15 is 0 Å². The van der Waals surface area contributed by atoms with Gasteiger partial charge in [0.1, 0.15) is 5.82 Å². The Hall–Kier alpha value is -2.72. The Labute approximate surface area is 168 Å².